The molecule has 1 unspecified atom stereocenters. The minimum absolute atomic E-state index is 0.0146. The maximum Gasteiger partial charge on any atom is 0.256 e. The van der Waals surface area contributed by atoms with Crippen LogP contribution in [0.1, 0.15) is 33.5 Å². The van der Waals surface area contributed by atoms with Crippen LogP contribution >= 0.6 is 11.6 Å². The first-order valence-electron chi connectivity index (χ1n) is 9.99. The number of carbonyl (C=O) groups is 2. The maximum atomic E-state index is 13.5. The maximum absolute atomic E-state index is 13.5. The first kappa shape index (κ1) is 18.8. The van der Waals surface area contributed by atoms with Gasteiger partial charge in [0.2, 0.25) is 5.91 Å². The van der Waals surface area contributed by atoms with Gasteiger partial charge < -0.3 is 9.80 Å². The summed E-state index contributed by atoms with van der Waals surface area (Å²) in [6, 6.07) is 19.1. The molecule has 2 aliphatic heterocycles. The summed E-state index contributed by atoms with van der Waals surface area (Å²) < 4.78 is 0. The highest BCUT2D eigenvalue weighted by Crippen LogP contribution is 2.49. The van der Waals surface area contributed by atoms with Crippen LogP contribution in [0.4, 0.5) is 0 Å². The SMILES string of the molecule is O=C(CCc1ccccc1)N1CCN2C(=O)c3ccncc3C12c1ccc(Cl)cc1. The third-order valence-electron chi connectivity index (χ3n) is 6.02. The molecule has 6 heteroatoms. The van der Waals surface area contributed by atoms with Crippen molar-refractivity contribution >= 4 is 23.4 Å². The van der Waals surface area contributed by atoms with E-state index in [1.807, 2.05) is 47.4 Å². The quantitative estimate of drug-likeness (QED) is 0.647. The topological polar surface area (TPSA) is 53.5 Å². The van der Waals surface area contributed by atoms with Crippen molar-refractivity contribution in [3.8, 4) is 0 Å². The fraction of sp³-hybridized carbons (Fsp3) is 0.208. The molecule has 0 saturated carbocycles. The van der Waals surface area contributed by atoms with Crippen LogP contribution in [0, 0.1) is 0 Å². The van der Waals surface area contributed by atoms with E-state index < -0.39 is 5.66 Å². The number of benzene rings is 2. The lowest BCUT2D eigenvalue weighted by Crippen LogP contribution is -2.51. The molecule has 2 aromatic carbocycles. The van der Waals surface area contributed by atoms with Crippen LogP contribution in [0.25, 0.3) is 0 Å². The summed E-state index contributed by atoms with van der Waals surface area (Å²) in [7, 11) is 0. The molecule has 1 fully saturated rings. The zero-order valence-electron chi connectivity index (χ0n) is 16.3. The molecule has 5 rings (SSSR count). The molecule has 0 radical (unpaired) electrons. The molecule has 0 spiro atoms. The van der Waals surface area contributed by atoms with Gasteiger partial charge in [-0.25, -0.2) is 0 Å². The summed E-state index contributed by atoms with van der Waals surface area (Å²) in [4.78, 5) is 34.6. The number of amides is 2. The zero-order valence-corrected chi connectivity index (χ0v) is 17.0. The normalized spacial score (nSPS) is 19.7. The van der Waals surface area contributed by atoms with Crippen molar-refractivity contribution in [2.45, 2.75) is 18.5 Å². The van der Waals surface area contributed by atoms with Crippen molar-refractivity contribution in [1.29, 1.82) is 0 Å². The lowest BCUT2D eigenvalue weighted by atomic mass is 9.90. The Morgan fingerprint density at radius 1 is 1.03 bits per heavy atom. The van der Waals surface area contributed by atoms with Gasteiger partial charge in [0.05, 0.1) is 5.56 Å². The highest BCUT2D eigenvalue weighted by Gasteiger charge is 2.59. The second kappa shape index (κ2) is 7.26. The van der Waals surface area contributed by atoms with Gasteiger partial charge in [0, 0.05) is 48.1 Å². The predicted octanol–water partition coefficient (Wildman–Crippen LogP) is 3.87. The summed E-state index contributed by atoms with van der Waals surface area (Å²) in [5.41, 5.74) is 2.34. The minimum atomic E-state index is -0.973. The van der Waals surface area contributed by atoms with Crippen molar-refractivity contribution in [3.63, 3.8) is 0 Å². The molecule has 1 aromatic heterocycles. The van der Waals surface area contributed by atoms with Crippen LogP contribution in [0.3, 0.4) is 0 Å². The lowest BCUT2D eigenvalue weighted by molar-refractivity contribution is -0.136. The Bertz CT molecular complexity index is 1120. The molecule has 0 N–H and O–H groups in total. The second-order valence-electron chi connectivity index (χ2n) is 7.59. The van der Waals surface area contributed by atoms with Crippen LogP contribution in [0.15, 0.2) is 73.1 Å². The monoisotopic (exact) mass is 417 g/mol. The van der Waals surface area contributed by atoms with Gasteiger partial charge in [-0.15, -0.1) is 0 Å². The van der Waals surface area contributed by atoms with Gasteiger partial charge in [0.25, 0.3) is 5.91 Å². The molecule has 1 saturated heterocycles. The number of aromatic nitrogens is 1. The molecule has 0 aliphatic carbocycles. The lowest BCUT2D eigenvalue weighted by Gasteiger charge is -2.40. The average Bonchev–Trinajstić information content (AvgIpc) is 3.29. The van der Waals surface area contributed by atoms with Gasteiger partial charge in [0.1, 0.15) is 0 Å². The van der Waals surface area contributed by atoms with E-state index >= 15 is 0 Å². The molecular weight excluding hydrogens is 398 g/mol. The fourth-order valence-corrected chi connectivity index (χ4v) is 4.82. The van der Waals surface area contributed by atoms with Crippen LogP contribution in [-0.4, -0.2) is 39.7 Å². The number of fused-ring (bicyclic) bond motifs is 3. The van der Waals surface area contributed by atoms with Gasteiger partial charge in [-0.2, -0.15) is 0 Å². The van der Waals surface area contributed by atoms with Crippen LogP contribution in [0.2, 0.25) is 5.02 Å². The molecule has 30 heavy (non-hydrogen) atoms. The standard InChI is InChI=1S/C24H20ClN3O2/c25-19-9-7-18(8-10-19)24-21-16-26-13-12-20(21)23(30)28(24)15-14-27(24)22(29)11-6-17-4-2-1-3-5-17/h1-5,7-10,12-13,16H,6,11,14-15H2. The largest absolute Gasteiger partial charge is 0.310 e. The average molecular weight is 418 g/mol. The molecular formula is C24H20ClN3O2. The minimum Gasteiger partial charge on any atom is -0.310 e. The van der Waals surface area contributed by atoms with E-state index in [9.17, 15) is 9.59 Å². The van der Waals surface area contributed by atoms with E-state index in [4.69, 9.17) is 11.6 Å². The van der Waals surface area contributed by atoms with Gasteiger partial charge in [-0.1, -0.05) is 54.1 Å². The molecule has 2 aliphatic rings. The zero-order chi connectivity index (χ0) is 20.7. The summed E-state index contributed by atoms with van der Waals surface area (Å²) in [6.45, 7) is 0.962. The van der Waals surface area contributed by atoms with E-state index in [1.54, 1.807) is 35.5 Å². The molecule has 2 amide bonds. The van der Waals surface area contributed by atoms with E-state index in [0.717, 1.165) is 16.7 Å². The Hall–Kier alpha value is -3.18. The highest BCUT2D eigenvalue weighted by atomic mass is 35.5. The van der Waals surface area contributed by atoms with Crippen molar-refractivity contribution < 1.29 is 9.59 Å². The Kier molecular flexibility index (Phi) is 4.55. The Morgan fingerprint density at radius 2 is 1.80 bits per heavy atom. The van der Waals surface area contributed by atoms with E-state index in [-0.39, 0.29) is 11.8 Å². The number of hydrogen-bond donors (Lipinski definition) is 0. The molecule has 1 atom stereocenters. The Morgan fingerprint density at radius 3 is 2.57 bits per heavy atom. The third kappa shape index (κ3) is 2.73. The molecule has 5 nitrogen and oxygen atoms in total. The van der Waals surface area contributed by atoms with E-state index in [2.05, 4.69) is 4.98 Å². The Labute approximate surface area is 179 Å². The summed E-state index contributed by atoms with van der Waals surface area (Å²) in [5.74, 6) is -0.0542. The molecule has 150 valence electrons. The number of carbonyl (C=O) groups excluding carboxylic acids is 2. The number of aryl methyl sites for hydroxylation is 1. The number of halogens is 1. The van der Waals surface area contributed by atoms with Crippen molar-refractivity contribution in [2.75, 3.05) is 13.1 Å². The summed E-state index contributed by atoms with van der Waals surface area (Å²) in [6.07, 6.45) is 4.36. The van der Waals surface area contributed by atoms with Crippen LogP contribution in [0.5, 0.6) is 0 Å². The van der Waals surface area contributed by atoms with Gasteiger partial charge in [0.15, 0.2) is 5.66 Å². The van der Waals surface area contributed by atoms with Crippen molar-refractivity contribution in [1.82, 2.24) is 14.8 Å². The van der Waals surface area contributed by atoms with E-state index in [1.165, 1.54) is 0 Å². The second-order valence-corrected chi connectivity index (χ2v) is 8.02. The van der Waals surface area contributed by atoms with Gasteiger partial charge >= 0.3 is 0 Å². The van der Waals surface area contributed by atoms with Crippen molar-refractivity contribution in [3.05, 3.63) is 100 Å². The molecule has 3 aromatic rings. The highest BCUT2D eigenvalue weighted by molar-refractivity contribution is 6.30. The smallest absolute Gasteiger partial charge is 0.256 e. The van der Waals surface area contributed by atoms with Gasteiger partial charge in [-0.3, -0.25) is 14.6 Å². The molecule has 3 heterocycles. The first-order chi connectivity index (χ1) is 14.6. The van der Waals surface area contributed by atoms with Crippen LogP contribution < -0.4 is 0 Å². The number of rotatable bonds is 4. The number of nitrogens with zero attached hydrogens (tertiary/aromatic N) is 3. The fourth-order valence-electron chi connectivity index (χ4n) is 4.70. The van der Waals surface area contributed by atoms with E-state index in [0.29, 0.717) is 36.5 Å². The van der Waals surface area contributed by atoms with Gasteiger partial charge in [-0.05, 0) is 30.2 Å². The first-order valence-corrected chi connectivity index (χ1v) is 10.4. The summed E-state index contributed by atoms with van der Waals surface area (Å²) >= 11 is 6.13. The van der Waals surface area contributed by atoms with Crippen LogP contribution in [-0.2, 0) is 16.9 Å². The number of pyridine rings is 1. The molecule has 0 bridgehead atoms. The third-order valence-corrected chi connectivity index (χ3v) is 6.27. The number of hydrogen-bond acceptors (Lipinski definition) is 3. The Balaban J connectivity index is 1.58. The predicted molar refractivity (Wildman–Crippen MR) is 114 cm³/mol. The van der Waals surface area contributed by atoms with Crippen molar-refractivity contribution in [2.24, 2.45) is 0 Å². The summed E-state index contributed by atoms with van der Waals surface area (Å²) in [5, 5.41) is 0.609.